The van der Waals surface area contributed by atoms with Crippen molar-refractivity contribution < 1.29 is 14.3 Å². The van der Waals surface area contributed by atoms with Crippen LogP contribution in [0.1, 0.15) is 46.5 Å². The standard InChI is InChI=1S/C17H25BrN4O3/c1-17(2,3)25-16(24)21-13-6-4-12(5-7-13)20-15(23)22-14-10-11(18)8-9-19-14/h8-10,12-13H,4-7H2,1-3H3,(H,21,24)(H2,19,20,22,23). The maximum absolute atomic E-state index is 12.0. The number of carbonyl (C=O) groups is 2. The first kappa shape index (κ1) is 19.5. The summed E-state index contributed by atoms with van der Waals surface area (Å²) in [5.74, 6) is 0.493. The zero-order valence-corrected chi connectivity index (χ0v) is 16.4. The Morgan fingerprint density at radius 2 is 1.76 bits per heavy atom. The Bertz CT molecular complexity index is 610. The van der Waals surface area contributed by atoms with E-state index in [2.05, 4.69) is 36.9 Å². The van der Waals surface area contributed by atoms with Gasteiger partial charge >= 0.3 is 12.1 Å². The number of aromatic nitrogens is 1. The fourth-order valence-electron chi connectivity index (χ4n) is 2.67. The molecule has 7 nitrogen and oxygen atoms in total. The van der Waals surface area contributed by atoms with E-state index in [1.54, 1.807) is 18.3 Å². The van der Waals surface area contributed by atoms with Crippen molar-refractivity contribution in [1.29, 1.82) is 0 Å². The van der Waals surface area contributed by atoms with E-state index >= 15 is 0 Å². The maximum Gasteiger partial charge on any atom is 0.407 e. The Labute approximate surface area is 156 Å². The molecule has 8 heteroatoms. The molecule has 0 atom stereocenters. The number of rotatable bonds is 3. The highest BCUT2D eigenvalue weighted by Crippen LogP contribution is 2.20. The van der Waals surface area contributed by atoms with Gasteiger partial charge in [-0.2, -0.15) is 0 Å². The zero-order chi connectivity index (χ0) is 18.4. The Kier molecular flexibility index (Phi) is 6.64. The summed E-state index contributed by atoms with van der Waals surface area (Å²) < 4.78 is 6.12. The van der Waals surface area contributed by atoms with Crippen LogP contribution >= 0.6 is 15.9 Å². The van der Waals surface area contributed by atoms with Gasteiger partial charge in [-0.3, -0.25) is 5.32 Å². The van der Waals surface area contributed by atoms with E-state index in [-0.39, 0.29) is 24.2 Å². The number of amides is 3. The lowest BCUT2D eigenvalue weighted by atomic mass is 9.91. The van der Waals surface area contributed by atoms with Gasteiger partial charge in [0.15, 0.2) is 0 Å². The summed E-state index contributed by atoms with van der Waals surface area (Å²) in [6, 6.07) is 3.43. The molecule has 0 spiro atoms. The lowest BCUT2D eigenvalue weighted by Gasteiger charge is -2.30. The van der Waals surface area contributed by atoms with Gasteiger partial charge in [-0.05, 0) is 58.6 Å². The smallest absolute Gasteiger partial charge is 0.407 e. The first-order valence-electron chi connectivity index (χ1n) is 8.40. The topological polar surface area (TPSA) is 92.4 Å². The number of nitrogens with one attached hydrogen (secondary N) is 3. The van der Waals surface area contributed by atoms with Crippen molar-refractivity contribution in [3.63, 3.8) is 0 Å². The Morgan fingerprint density at radius 3 is 2.32 bits per heavy atom. The molecule has 2 rings (SSSR count). The largest absolute Gasteiger partial charge is 0.444 e. The number of ether oxygens (including phenoxy) is 1. The van der Waals surface area contributed by atoms with Crippen LogP contribution in [0.25, 0.3) is 0 Å². The number of alkyl carbamates (subject to hydrolysis) is 1. The van der Waals surface area contributed by atoms with Crippen molar-refractivity contribution in [1.82, 2.24) is 15.6 Å². The minimum Gasteiger partial charge on any atom is -0.444 e. The summed E-state index contributed by atoms with van der Waals surface area (Å²) in [4.78, 5) is 27.9. The minimum atomic E-state index is -0.499. The Hall–Kier alpha value is -1.83. The molecular formula is C17H25BrN4O3. The highest BCUT2D eigenvalue weighted by atomic mass is 79.9. The molecule has 3 amide bonds. The third-order valence-corrected chi connectivity index (χ3v) is 4.24. The molecule has 1 aliphatic carbocycles. The number of anilines is 1. The number of hydrogen-bond acceptors (Lipinski definition) is 4. The number of urea groups is 1. The zero-order valence-electron chi connectivity index (χ0n) is 14.8. The van der Waals surface area contributed by atoms with Gasteiger partial charge in [0.1, 0.15) is 11.4 Å². The van der Waals surface area contributed by atoms with Gasteiger partial charge in [0.2, 0.25) is 0 Å². The molecule has 1 saturated carbocycles. The first-order chi connectivity index (χ1) is 11.7. The first-order valence-corrected chi connectivity index (χ1v) is 9.19. The molecule has 1 aromatic rings. The summed E-state index contributed by atoms with van der Waals surface area (Å²) in [7, 11) is 0. The van der Waals surface area contributed by atoms with E-state index in [0.717, 1.165) is 30.2 Å². The van der Waals surface area contributed by atoms with Gasteiger partial charge in [-0.1, -0.05) is 15.9 Å². The van der Waals surface area contributed by atoms with E-state index in [9.17, 15) is 9.59 Å². The molecule has 1 aromatic heterocycles. The predicted octanol–water partition coefficient (Wildman–Crippen LogP) is 3.80. The Morgan fingerprint density at radius 1 is 1.16 bits per heavy atom. The van der Waals surface area contributed by atoms with Gasteiger partial charge in [0, 0.05) is 22.8 Å². The number of pyridine rings is 1. The number of carbonyl (C=O) groups excluding carboxylic acids is 2. The van der Waals surface area contributed by atoms with E-state index in [4.69, 9.17) is 4.74 Å². The van der Waals surface area contributed by atoms with Gasteiger partial charge in [0.05, 0.1) is 0 Å². The monoisotopic (exact) mass is 412 g/mol. The van der Waals surface area contributed by atoms with Crippen molar-refractivity contribution in [2.24, 2.45) is 0 Å². The normalized spacial score (nSPS) is 20.5. The fraction of sp³-hybridized carbons (Fsp3) is 0.588. The molecule has 25 heavy (non-hydrogen) atoms. The van der Waals surface area contributed by atoms with Gasteiger partial charge in [0.25, 0.3) is 0 Å². The molecule has 1 heterocycles. The molecule has 0 aromatic carbocycles. The lowest BCUT2D eigenvalue weighted by Crippen LogP contribution is -2.46. The van der Waals surface area contributed by atoms with E-state index in [1.807, 2.05) is 20.8 Å². The maximum atomic E-state index is 12.0. The third-order valence-electron chi connectivity index (χ3n) is 3.75. The SMILES string of the molecule is CC(C)(C)OC(=O)NC1CCC(NC(=O)Nc2cc(Br)ccn2)CC1. The highest BCUT2D eigenvalue weighted by Gasteiger charge is 2.25. The molecule has 1 fully saturated rings. The molecule has 0 unspecified atom stereocenters. The van der Waals surface area contributed by atoms with Crippen molar-refractivity contribution in [3.8, 4) is 0 Å². The van der Waals surface area contributed by atoms with E-state index in [1.165, 1.54) is 0 Å². The Balaban J connectivity index is 1.71. The van der Waals surface area contributed by atoms with Gasteiger partial charge in [-0.15, -0.1) is 0 Å². The third kappa shape index (κ3) is 7.29. The molecule has 138 valence electrons. The molecule has 3 N–H and O–H groups in total. The van der Waals surface area contributed by atoms with Crippen LogP contribution in [-0.2, 0) is 4.74 Å². The van der Waals surface area contributed by atoms with Gasteiger partial charge in [-0.25, -0.2) is 14.6 Å². The summed E-state index contributed by atoms with van der Waals surface area (Å²) in [6.45, 7) is 5.52. The van der Waals surface area contributed by atoms with Crippen LogP contribution in [0, 0.1) is 0 Å². The van der Waals surface area contributed by atoms with Crippen LogP contribution in [0.3, 0.4) is 0 Å². The van der Waals surface area contributed by atoms with Crippen molar-refractivity contribution in [2.45, 2.75) is 64.1 Å². The second kappa shape index (κ2) is 8.51. The molecular weight excluding hydrogens is 388 g/mol. The quantitative estimate of drug-likeness (QED) is 0.703. The van der Waals surface area contributed by atoms with Crippen LogP contribution in [0.15, 0.2) is 22.8 Å². The van der Waals surface area contributed by atoms with Crippen LogP contribution in [0.4, 0.5) is 15.4 Å². The number of halogens is 1. The molecule has 0 bridgehead atoms. The van der Waals surface area contributed by atoms with Crippen molar-refractivity contribution in [2.75, 3.05) is 5.32 Å². The predicted molar refractivity (Wildman–Crippen MR) is 99.5 cm³/mol. The average Bonchev–Trinajstić information content (AvgIpc) is 2.47. The molecule has 1 aliphatic rings. The van der Waals surface area contributed by atoms with E-state index in [0.29, 0.717) is 5.82 Å². The number of nitrogens with zero attached hydrogens (tertiary/aromatic N) is 1. The van der Waals surface area contributed by atoms with Crippen molar-refractivity contribution in [3.05, 3.63) is 22.8 Å². The van der Waals surface area contributed by atoms with Crippen LogP contribution in [-0.4, -0.2) is 34.8 Å². The highest BCUT2D eigenvalue weighted by molar-refractivity contribution is 9.10. The summed E-state index contributed by atoms with van der Waals surface area (Å²) in [5, 5.41) is 8.56. The van der Waals surface area contributed by atoms with Crippen LogP contribution in [0.5, 0.6) is 0 Å². The molecule has 0 radical (unpaired) electrons. The van der Waals surface area contributed by atoms with Crippen LogP contribution in [0.2, 0.25) is 0 Å². The summed E-state index contributed by atoms with van der Waals surface area (Å²) in [6.07, 6.45) is 4.45. The molecule has 0 aliphatic heterocycles. The fourth-order valence-corrected chi connectivity index (χ4v) is 3.00. The minimum absolute atomic E-state index is 0.0858. The van der Waals surface area contributed by atoms with Gasteiger partial charge < -0.3 is 15.4 Å². The number of hydrogen-bond donors (Lipinski definition) is 3. The van der Waals surface area contributed by atoms with Crippen molar-refractivity contribution >= 4 is 33.9 Å². The summed E-state index contributed by atoms with van der Waals surface area (Å²) in [5.41, 5.74) is -0.499. The summed E-state index contributed by atoms with van der Waals surface area (Å²) >= 11 is 3.34. The second-order valence-corrected chi connectivity index (χ2v) is 8.07. The lowest BCUT2D eigenvalue weighted by molar-refractivity contribution is 0.0490. The van der Waals surface area contributed by atoms with Crippen LogP contribution < -0.4 is 16.0 Å². The molecule has 0 saturated heterocycles. The second-order valence-electron chi connectivity index (χ2n) is 7.15. The van der Waals surface area contributed by atoms with E-state index < -0.39 is 5.60 Å². The average molecular weight is 413 g/mol.